The van der Waals surface area contributed by atoms with Crippen molar-refractivity contribution in [1.82, 2.24) is 0 Å². The van der Waals surface area contributed by atoms with Gasteiger partial charge in [0.2, 0.25) is 0 Å². The first kappa shape index (κ1) is 15.6. The number of amides is 1. The third-order valence-electron chi connectivity index (χ3n) is 3.06. The minimum atomic E-state index is -1.08. The lowest BCUT2D eigenvalue weighted by Gasteiger charge is -2.10. The molecule has 0 aliphatic rings. The number of ether oxygens (including phenoxy) is 1. The molecule has 22 heavy (non-hydrogen) atoms. The van der Waals surface area contributed by atoms with E-state index in [0.717, 1.165) is 5.56 Å². The van der Waals surface area contributed by atoms with Crippen LogP contribution in [0.1, 0.15) is 33.2 Å². The van der Waals surface area contributed by atoms with E-state index in [9.17, 15) is 14.7 Å². The molecule has 114 valence electrons. The zero-order valence-corrected chi connectivity index (χ0v) is 12.4. The van der Waals surface area contributed by atoms with Crippen molar-refractivity contribution >= 4 is 17.6 Å². The highest BCUT2D eigenvalue weighted by Crippen LogP contribution is 2.20. The molecule has 0 unspecified atom stereocenters. The second kappa shape index (κ2) is 6.76. The quantitative estimate of drug-likeness (QED) is 0.887. The lowest BCUT2D eigenvalue weighted by molar-refractivity contribution is 0.0698. The molecule has 2 aromatic rings. The van der Waals surface area contributed by atoms with Gasteiger partial charge in [0, 0.05) is 5.56 Å². The van der Waals surface area contributed by atoms with Crippen LogP contribution >= 0.6 is 0 Å². The van der Waals surface area contributed by atoms with Crippen LogP contribution in [0, 0.1) is 6.92 Å². The number of benzene rings is 2. The van der Waals surface area contributed by atoms with Crippen LogP contribution in [0.2, 0.25) is 0 Å². The molecule has 0 aliphatic heterocycles. The standard InChI is InChI=1S/C17H17NO4/c1-3-22-13-6-4-5-12(10-13)16(19)18-15-8-7-11(2)9-14(15)17(20)21/h4-10H,3H2,1-2H3,(H,18,19)(H,20,21). The monoisotopic (exact) mass is 299 g/mol. The lowest BCUT2D eigenvalue weighted by atomic mass is 10.1. The van der Waals surface area contributed by atoms with Gasteiger partial charge in [-0.1, -0.05) is 17.7 Å². The summed E-state index contributed by atoms with van der Waals surface area (Å²) in [6.07, 6.45) is 0. The summed E-state index contributed by atoms with van der Waals surface area (Å²) in [5, 5.41) is 11.8. The van der Waals surface area contributed by atoms with Crippen LogP contribution in [0.5, 0.6) is 5.75 Å². The molecule has 2 N–H and O–H groups in total. The van der Waals surface area contributed by atoms with Gasteiger partial charge >= 0.3 is 5.97 Å². The average molecular weight is 299 g/mol. The minimum Gasteiger partial charge on any atom is -0.494 e. The Morgan fingerprint density at radius 2 is 1.95 bits per heavy atom. The first-order chi connectivity index (χ1) is 10.5. The highest BCUT2D eigenvalue weighted by atomic mass is 16.5. The van der Waals surface area contributed by atoms with Gasteiger partial charge in [-0.15, -0.1) is 0 Å². The average Bonchev–Trinajstić information content (AvgIpc) is 2.49. The third-order valence-corrected chi connectivity index (χ3v) is 3.06. The number of aryl methyl sites for hydroxylation is 1. The van der Waals surface area contributed by atoms with Crippen molar-refractivity contribution in [2.45, 2.75) is 13.8 Å². The molecule has 2 rings (SSSR count). The molecule has 0 saturated heterocycles. The van der Waals surface area contributed by atoms with Gasteiger partial charge in [-0.05, 0) is 44.2 Å². The van der Waals surface area contributed by atoms with Crippen LogP contribution in [0.4, 0.5) is 5.69 Å². The topological polar surface area (TPSA) is 75.6 Å². The number of carboxylic acids is 1. The zero-order valence-electron chi connectivity index (χ0n) is 12.4. The van der Waals surface area contributed by atoms with Crippen molar-refractivity contribution in [2.75, 3.05) is 11.9 Å². The van der Waals surface area contributed by atoms with E-state index in [2.05, 4.69) is 5.32 Å². The molecule has 0 bridgehead atoms. The van der Waals surface area contributed by atoms with Gasteiger partial charge in [0.1, 0.15) is 5.75 Å². The fraction of sp³-hybridized carbons (Fsp3) is 0.176. The van der Waals surface area contributed by atoms with E-state index in [0.29, 0.717) is 17.9 Å². The van der Waals surface area contributed by atoms with Crippen LogP contribution < -0.4 is 10.1 Å². The number of aromatic carboxylic acids is 1. The Kier molecular flexibility index (Phi) is 4.78. The van der Waals surface area contributed by atoms with Gasteiger partial charge in [0.05, 0.1) is 17.9 Å². The highest BCUT2D eigenvalue weighted by Gasteiger charge is 2.14. The second-order valence-corrected chi connectivity index (χ2v) is 4.77. The van der Waals surface area contributed by atoms with Crippen LogP contribution in [0.25, 0.3) is 0 Å². The molecular weight excluding hydrogens is 282 g/mol. The molecule has 0 spiro atoms. The molecule has 0 aromatic heterocycles. The van der Waals surface area contributed by atoms with Crippen molar-refractivity contribution in [2.24, 2.45) is 0 Å². The van der Waals surface area contributed by atoms with Crippen LogP contribution in [0.3, 0.4) is 0 Å². The van der Waals surface area contributed by atoms with Crippen LogP contribution in [-0.4, -0.2) is 23.6 Å². The predicted octanol–water partition coefficient (Wildman–Crippen LogP) is 3.34. The maximum absolute atomic E-state index is 12.3. The summed E-state index contributed by atoms with van der Waals surface area (Å²) in [4.78, 5) is 23.5. The Morgan fingerprint density at radius 1 is 1.18 bits per heavy atom. The molecule has 5 heteroatoms. The number of carboxylic acid groups (broad SMARTS) is 1. The Bertz CT molecular complexity index is 710. The number of rotatable bonds is 5. The fourth-order valence-electron chi connectivity index (χ4n) is 2.03. The Hall–Kier alpha value is -2.82. The molecule has 0 heterocycles. The molecule has 0 radical (unpaired) electrons. The number of hydrogen-bond donors (Lipinski definition) is 2. The molecule has 0 fully saturated rings. The van der Waals surface area contributed by atoms with Gasteiger partial charge in [-0.3, -0.25) is 4.79 Å². The molecular formula is C17H17NO4. The molecule has 0 aliphatic carbocycles. The largest absolute Gasteiger partial charge is 0.494 e. The van der Waals surface area contributed by atoms with E-state index in [4.69, 9.17) is 4.74 Å². The molecule has 0 saturated carbocycles. The van der Waals surface area contributed by atoms with Gasteiger partial charge < -0.3 is 15.2 Å². The van der Waals surface area contributed by atoms with E-state index in [1.165, 1.54) is 6.07 Å². The van der Waals surface area contributed by atoms with Gasteiger partial charge in [0.25, 0.3) is 5.91 Å². The lowest BCUT2D eigenvalue weighted by Crippen LogP contribution is -2.15. The van der Waals surface area contributed by atoms with E-state index >= 15 is 0 Å². The number of carbonyl (C=O) groups is 2. The van der Waals surface area contributed by atoms with Crippen LogP contribution in [0.15, 0.2) is 42.5 Å². The summed E-state index contributed by atoms with van der Waals surface area (Å²) in [6.45, 7) is 4.16. The first-order valence-electron chi connectivity index (χ1n) is 6.89. The van der Waals surface area contributed by atoms with Crippen molar-refractivity contribution in [3.8, 4) is 5.75 Å². The maximum atomic E-state index is 12.3. The smallest absolute Gasteiger partial charge is 0.337 e. The summed E-state index contributed by atoms with van der Waals surface area (Å²) in [5.41, 5.74) is 1.55. The number of nitrogens with one attached hydrogen (secondary N) is 1. The van der Waals surface area contributed by atoms with Crippen LogP contribution in [-0.2, 0) is 0 Å². The van der Waals surface area contributed by atoms with Crippen molar-refractivity contribution in [3.63, 3.8) is 0 Å². The Morgan fingerprint density at radius 3 is 2.64 bits per heavy atom. The molecule has 5 nitrogen and oxygen atoms in total. The van der Waals surface area contributed by atoms with E-state index in [1.54, 1.807) is 43.3 Å². The van der Waals surface area contributed by atoms with Crippen molar-refractivity contribution in [1.29, 1.82) is 0 Å². The molecule has 1 amide bonds. The summed E-state index contributed by atoms with van der Waals surface area (Å²) in [6, 6.07) is 11.6. The van der Waals surface area contributed by atoms with Crippen molar-refractivity contribution < 1.29 is 19.4 Å². The first-order valence-corrected chi connectivity index (χ1v) is 6.89. The predicted molar refractivity (Wildman–Crippen MR) is 83.7 cm³/mol. The Labute approximate surface area is 128 Å². The van der Waals surface area contributed by atoms with E-state index in [-0.39, 0.29) is 17.2 Å². The molecule has 2 aromatic carbocycles. The fourth-order valence-corrected chi connectivity index (χ4v) is 2.03. The van der Waals surface area contributed by atoms with Crippen molar-refractivity contribution in [3.05, 3.63) is 59.2 Å². The summed E-state index contributed by atoms with van der Waals surface area (Å²) in [5.74, 6) is -0.868. The summed E-state index contributed by atoms with van der Waals surface area (Å²) in [7, 11) is 0. The van der Waals surface area contributed by atoms with Gasteiger partial charge in [-0.25, -0.2) is 4.79 Å². The van der Waals surface area contributed by atoms with E-state index < -0.39 is 5.97 Å². The number of anilines is 1. The second-order valence-electron chi connectivity index (χ2n) is 4.77. The van der Waals surface area contributed by atoms with Gasteiger partial charge in [0.15, 0.2) is 0 Å². The highest BCUT2D eigenvalue weighted by molar-refractivity contribution is 6.07. The minimum absolute atomic E-state index is 0.0642. The normalized spacial score (nSPS) is 10.1. The summed E-state index contributed by atoms with van der Waals surface area (Å²) < 4.78 is 5.35. The number of hydrogen-bond acceptors (Lipinski definition) is 3. The van der Waals surface area contributed by atoms with Gasteiger partial charge in [-0.2, -0.15) is 0 Å². The van der Waals surface area contributed by atoms with E-state index in [1.807, 2.05) is 6.92 Å². The molecule has 0 atom stereocenters. The summed E-state index contributed by atoms with van der Waals surface area (Å²) >= 11 is 0. The Balaban J connectivity index is 2.25. The third kappa shape index (κ3) is 3.63. The number of carbonyl (C=O) groups excluding carboxylic acids is 1. The zero-order chi connectivity index (χ0) is 16.1. The maximum Gasteiger partial charge on any atom is 0.337 e. The SMILES string of the molecule is CCOc1cccc(C(=O)Nc2ccc(C)cc2C(=O)O)c1.